The van der Waals surface area contributed by atoms with Crippen LogP contribution >= 0.6 is 0 Å². The van der Waals surface area contributed by atoms with Gasteiger partial charge in [0.15, 0.2) is 5.82 Å². The normalized spacial score (nSPS) is 10.0. The summed E-state index contributed by atoms with van der Waals surface area (Å²) in [7, 11) is 0. The summed E-state index contributed by atoms with van der Waals surface area (Å²) in [5.41, 5.74) is 17.2. The number of primary amides is 1. The average molecular weight is 245 g/mol. The number of nitrogens with one attached hydrogen (secondary N) is 1. The highest BCUT2D eigenvalue weighted by Gasteiger charge is 2.05. The number of amides is 2. The van der Waals surface area contributed by atoms with Crippen molar-refractivity contribution in [2.45, 2.75) is 0 Å². The SMILES string of the molecule is NC(=O)Nc1ccc(-c2nc(N)nc(N)n2)cc1. The van der Waals surface area contributed by atoms with Crippen LogP contribution in [0.3, 0.4) is 0 Å². The van der Waals surface area contributed by atoms with Gasteiger partial charge < -0.3 is 22.5 Å². The van der Waals surface area contributed by atoms with Crippen molar-refractivity contribution in [2.75, 3.05) is 16.8 Å². The molecule has 0 aliphatic rings. The average Bonchev–Trinajstić information content (AvgIpc) is 2.27. The molecule has 0 saturated heterocycles. The van der Waals surface area contributed by atoms with Gasteiger partial charge in [-0.1, -0.05) is 0 Å². The maximum Gasteiger partial charge on any atom is 0.316 e. The third-order valence-electron chi connectivity index (χ3n) is 2.08. The minimum absolute atomic E-state index is 0.0526. The van der Waals surface area contributed by atoms with Crippen molar-refractivity contribution in [3.8, 4) is 11.4 Å². The molecule has 2 aromatic rings. The van der Waals surface area contributed by atoms with Gasteiger partial charge in [-0.2, -0.15) is 15.0 Å². The molecule has 18 heavy (non-hydrogen) atoms. The summed E-state index contributed by atoms with van der Waals surface area (Å²) < 4.78 is 0. The first-order valence-corrected chi connectivity index (χ1v) is 4.98. The van der Waals surface area contributed by atoms with E-state index in [2.05, 4.69) is 20.3 Å². The molecule has 2 rings (SSSR count). The minimum Gasteiger partial charge on any atom is -0.368 e. The Bertz CT molecular complexity index is 561. The van der Waals surface area contributed by atoms with E-state index in [-0.39, 0.29) is 11.9 Å². The fourth-order valence-electron chi connectivity index (χ4n) is 1.38. The number of anilines is 3. The van der Waals surface area contributed by atoms with Gasteiger partial charge in [-0.3, -0.25) is 0 Å². The molecule has 0 spiro atoms. The van der Waals surface area contributed by atoms with Crippen LogP contribution in [0.1, 0.15) is 0 Å². The molecule has 0 fully saturated rings. The molecule has 92 valence electrons. The highest BCUT2D eigenvalue weighted by atomic mass is 16.2. The highest BCUT2D eigenvalue weighted by molar-refractivity contribution is 5.88. The molecular weight excluding hydrogens is 234 g/mol. The van der Waals surface area contributed by atoms with Crippen LogP contribution < -0.4 is 22.5 Å². The third kappa shape index (κ3) is 2.61. The molecule has 1 aromatic heterocycles. The molecule has 0 radical (unpaired) electrons. The van der Waals surface area contributed by atoms with Crippen molar-refractivity contribution < 1.29 is 4.79 Å². The summed E-state index contributed by atoms with van der Waals surface area (Å²) in [6.45, 7) is 0. The van der Waals surface area contributed by atoms with Gasteiger partial charge >= 0.3 is 6.03 Å². The molecule has 1 aromatic carbocycles. The van der Waals surface area contributed by atoms with Gasteiger partial charge in [-0.25, -0.2) is 4.79 Å². The fourth-order valence-corrected chi connectivity index (χ4v) is 1.38. The molecule has 0 atom stereocenters. The molecule has 8 heteroatoms. The molecule has 7 N–H and O–H groups in total. The predicted molar refractivity (Wildman–Crippen MR) is 67.3 cm³/mol. The smallest absolute Gasteiger partial charge is 0.316 e. The van der Waals surface area contributed by atoms with Crippen LogP contribution in [0.5, 0.6) is 0 Å². The molecule has 8 nitrogen and oxygen atoms in total. The van der Waals surface area contributed by atoms with E-state index >= 15 is 0 Å². The number of nitrogens with zero attached hydrogens (tertiary/aromatic N) is 3. The molecule has 0 saturated carbocycles. The van der Waals surface area contributed by atoms with E-state index in [1.54, 1.807) is 24.3 Å². The van der Waals surface area contributed by atoms with Crippen molar-refractivity contribution in [3.05, 3.63) is 24.3 Å². The second kappa shape index (κ2) is 4.53. The second-order valence-electron chi connectivity index (χ2n) is 3.44. The Morgan fingerprint density at radius 1 is 1.00 bits per heavy atom. The monoisotopic (exact) mass is 245 g/mol. The topological polar surface area (TPSA) is 146 Å². The van der Waals surface area contributed by atoms with E-state index in [0.717, 1.165) is 0 Å². The molecular formula is C10H11N7O. The van der Waals surface area contributed by atoms with Crippen LogP contribution in [-0.2, 0) is 0 Å². The lowest BCUT2D eigenvalue weighted by Crippen LogP contribution is -2.19. The number of nitrogen functional groups attached to an aromatic ring is 2. The summed E-state index contributed by atoms with van der Waals surface area (Å²) in [6.07, 6.45) is 0. The first-order chi connectivity index (χ1) is 8.54. The van der Waals surface area contributed by atoms with Crippen molar-refractivity contribution in [1.29, 1.82) is 0 Å². The molecule has 0 bridgehead atoms. The molecule has 1 heterocycles. The summed E-state index contributed by atoms with van der Waals surface area (Å²) in [5, 5.41) is 2.44. The van der Waals surface area contributed by atoms with E-state index in [4.69, 9.17) is 17.2 Å². The van der Waals surface area contributed by atoms with Crippen molar-refractivity contribution in [3.63, 3.8) is 0 Å². The largest absolute Gasteiger partial charge is 0.368 e. The maximum atomic E-state index is 10.7. The van der Waals surface area contributed by atoms with Gasteiger partial charge in [0.05, 0.1) is 0 Å². The van der Waals surface area contributed by atoms with Crippen LogP contribution in [0, 0.1) is 0 Å². The number of benzene rings is 1. The van der Waals surface area contributed by atoms with Crippen LogP contribution in [0.25, 0.3) is 11.4 Å². The Hall–Kier alpha value is -2.90. The number of carbonyl (C=O) groups is 1. The van der Waals surface area contributed by atoms with Crippen LogP contribution in [0.15, 0.2) is 24.3 Å². The van der Waals surface area contributed by atoms with Gasteiger partial charge in [0.2, 0.25) is 11.9 Å². The summed E-state index contributed by atoms with van der Waals surface area (Å²) >= 11 is 0. The Balaban J connectivity index is 2.31. The van der Waals surface area contributed by atoms with Gasteiger partial charge in [0.25, 0.3) is 0 Å². The number of aromatic nitrogens is 3. The van der Waals surface area contributed by atoms with Crippen LogP contribution in [0.2, 0.25) is 0 Å². The Morgan fingerprint density at radius 2 is 1.56 bits per heavy atom. The lowest BCUT2D eigenvalue weighted by atomic mass is 10.2. The van der Waals surface area contributed by atoms with Gasteiger partial charge in [0, 0.05) is 11.3 Å². The molecule has 2 amide bonds. The molecule has 0 unspecified atom stereocenters. The fraction of sp³-hybridized carbons (Fsp3) is 0. The zero-order chi connectivity index (χ0) is 13.1. The van der Waals surface area contributed by atoms with E-state index in [1.807, 2.05) is 0 Å². The number of hydrogen-bond acceptors (Lipinski definition) is 6. The summed E-state index contributed by atoms with van der Waals surface area (Å²) in [4.78, 5) is 22.3. The Kier molecular flexibility index (Phi) is 2.92. The summed E-state index contributed by atoms with van der Waals surface area (Å²) in [5.74, 6) is 0.472. The van der Waals surface area contributed by atoms with E-state index in [1.165, 1.54) is 0 Å². The Morgan fingerprint density at radius 3 is 2.06 bits per heavy atom. The lowest BCUT2D eigenvalue weighted by molar-refractivity contribution is 0.259. The number of urea groups is 1. The van der Waals surface area contributed by atoms with E-state index < -0.39 is 6.03 Å². The van der Waals surface area contributed by atoms with Gasteiger partial charge in [-0.05, 0) is 24.3 Å². The highest BCUT2D eigenvalue weighted by Crippen LogP contribution is 2.18. The van der Waals surface area contributed by atoms with Crippen LogP contribution in [0.4, 0.5) is 22.4 Å². The van der Waals surface area contributed by atoms with Gasteiger partial charge in [-0.15, -0.1) is 0 Å². The Labute approximate surface area is 102 Å². The maximum absolute atomic E-state index is 10.7. The van der Waals surface area contributed by atoms with Crippen molar-refractivity contribution >= 4 is 23.6 Å². The quantitative estimate of drug-likeness (QED) is 0.594. The molecule has 0 aliphatic carbocycles. The minimum atomic E-state index is -0.628. The third-order valence-corrected chi connectivity index (χ3v) is 2.08. The number of hydrogen-bond donors (Lipinski definition) is 4. The van der Waals surface area contributed by atoms with E-state index in [9.17, 15) is 4.79 Å². The standard InChI is InChI=1S/C10H11N7O/c11-8-15-7(16-9(12)17-8)5-1-3-6(4-2-5)14-10(13)18/h1-4H,(H3,13,14,18)(H4,11,12,15,16,17). The number of carbonyl (C=O) groups excluding carboxylic acids is 1. The predicted octanol–water partition coefficient (Wildman–Crippen LogP) is 0.194. The number of nitrogens with two attached hydrogens (primary N) is 3. The second-order valence-corrected chi connectivity index (χ2v) is 3.44. The number of rotatable bonds is 2. The molecule has 0 aliphatic heterocycles. The summed E-state index contributed by atoms with van der Waals surface area (Å²) in [6, 6.07) is 6.11. The first kappa shape index (κ1) is 11.6. The van der Waals surface area contributed by atoms with Crippen molar-refractivity contribution in [2.24, 2.45) is 5.73 Å². The zero-order valence-corrected chi connectivity index (χ0v) is 9.29. The van der Waals surface area contributed by atoms with Gasteiger partial charge in [0.1, 0.15) is 0 Å². The van der Waals surface area contributed by atoms with E-state index in [0.29, 0.717) is 17.1 Å². The van der Waals surface area contributed by atoms with Crippen molar-refractivity contribution in [1.82, 2.24) is 15.0 Å². The first-order valence-electron chi connectivity index (χ1n) is 4.98. The zero-order valence-electron chi connectivity index (χ0n) is 9.29. The van der Waals surface area contributed by atoms with Crippen LogP contribution in [-0.4, -0.2) is 21.0 Å². The lowest BCUT2D eigenvalue weighted by Gasteiger charge is -2.04.